The molecule has 3 heteroatoms. The van der Waals surface area contributed by atoms with Gasteiger partial charge < -0.3 is 5.73 Å². The van der Waals surface area contributed by atoms with E-state index in [1.54, 1.807) is 23.1 Å². The Morgan fingerprint density at radius 3 is 2.77 bits per heavy atom. The molecule has 1 aromatic carbocycles. The van der Waals surface area contributed by atoms with Crippen molar-refractivity contribution in [3.05, 3.63) is 23.8 Å². The molecule has 0 atom stereocenters. The summed E-state index contributed by atoms with van der Waals surface area (Å²) in [5.41, 5.74) is 7.89. The van der Waals surface area contributed by atoms with Gasteiger partial charge in [0.25, 0.3) is 0 Å². The lowest BCUT2D eigenvalue weighted by atomic mass is 10.1. The molecule has 0 aliphatic carbocycles. The Balaban J connectivity index is 2.70. The molecule has 2 aromatic rings. The van der Waals surface area contributed by atoms with E-state index in [0.717, 1.165) is 11.3 Å². The number of anilines is 1. The Morgan fingerprint density at radius 1 is 1.31 bits per heavy atom. The number of aryl methyl sites for hydroxylation is 1. The molecule has 2 rings (SSSR count). The zero-order chi connectivity index (χ0) is 9.42. The number of thiophene rings is 1. The molecule has 1 nitrogen and oxygen atoms in total. The Morgan fingerprint density at radius 2 is 2.08 bits per heavy atom. The first kappa shape index (κ1) is 8.91. The summed E-state index contributed by atoms with van der Waals surface area (Å²) in [6, 6.07) is 6.44. The van der Waals surface area contributed by atoms with Gasteiger partial charge in [-0.2, -0.15) is 0 Å². The predicted molar refractivity (Wildman–Crippen MR) is 62.8 cm³/mol. The standard InChI is InChI=1S/C10H11NS2/c1-6-3-7-4-10(12-2)13-9(7)5-8(6)11/h3-5H,11H2,1-2H3. The first-order valence-electron chi connectivity index (χ1n) is 4.04. The van der Waals surface area contributed by atoms with E-state index in [1.807, 2.05) is 6.92 Å². The summed E-state index contributed by atoms with van der Waals surface area (Å²) in [6.45, 7) is 2.05. The zero-order valence-electron chi connectivity index (χ0n) is 7.63. The number of hydrogen-bond donors (Lipinski definition) is 1. The Bertz CT molecular complexity index is 406. The molecule has 0 fully saturated rings. The van der Waals surface area contributed by atoms with E-state index >= 15 is 0 Å². The van der Waals surface area contributed by atoms with E-state index in [-0.39, 0.29) is 0 Å². The molecule has 1 aromatic heterocycles. The van der Waals surface area contributed by atoms with Crippen LogP contribution < -0.4 is 5.73 Å². The van der Waals surface area contributed by atoms with Crippen molar-refractivity contribution in [1.82, 2.24) is 0 Å². The number of fused-ring (bicyclic) bond motifs is 1. The van der Waals surface area contributed by atoms with Crippen molar-refractivity contribution in [3.63, 3.8) is 0 Å². The maximum absolute atomic E-state index is 5.84. The van der Waals surface area contributed by atoms with Crippen LogP contribution in [0.3, 0.4) is 0 Å². The van der Waals surface area contributed by atoms with Gasteiger partial charge in [0.1, 0.15) is 0 Å². The van der Waals surface area contributed by atoms with Crippen LogP contribution in [0.25, 0.3) is 10.1 Å². The number of nitrogen functional groups attached to an aromatic ring is 1. The quantitative estimate of drug-likeness (QED) is 0.574. The molecule has 0 aliphatic heterocycles. The Hall–Kier alpha value is -0.670. The van der Waals surface area contributed by atoms with Crippen LogP contribution in [0.15, 0.2) is 22.4 Å². The second-order valence-electron chi connectivity index (χ2n) is 3.02. The lowest BCUT2D eigenvalue weighted by Crippen LogP contribution is -1.87. The van der Waals surface area contributed by atoms with Crippen LogP contribution in [0.1, 0.15) is 5.56 Å². The summed E-state index contributed by atoms with van der Waals surface area (Å²) in [6.07, 6.45) is 2.10. The third-order valence-corrected chi connectivity index (χ3v) is 4.25. The van der Waals surface area contributed by atoms with Gasteiger partial charge in [-0.3, -0.25) is 0 Å². The fourth-order valence-electron chi connectivity index (χ4n) is 1.29. The fraction of sp³-hybridized carbons (Fsp3) is 0.200. The number of nitrogens with two attached hydrogens (primary N) is 1. The first-order valence-corrected chi connectivity index (χ1v) is 6.08. The molecule has 68 valence electrons. The highest BCUT2D eigenvalue weighted by Crippen LogP contribution is 2.33. The molecule has 0 unspecified atom stereocenters. The van der Waals surface area contributed by atoms with Gasteiger partial charge in [0.2, 0.25) is 0 Å². The van der Waals surface area contributed by atoms with E-state index in [0.29, 0.717) is 0 Å². The van der Waals surface area contributed by atoms with E-state index in [2.05, 4.69) is 24.5 Å². The SMILES string of the molecule is CSc1cc2cc(C)c(N)cc2s1. The Kier molecular flexibility index (Phi) is 2.22. The number of hydrogen-bond acceptors (Lipinski definition) is 3. The lowest BCUT2D eigenvalue weighted by Gasteiger charge is -1.98. The van der Waals surface area contributed by atoms with Crippen molar-refractivity contribution in [2.24, 2.45) is 0 Å². The molecular formula is C10H11NS2. The van der Waals surface area contributed by atoms with E-state index < -0.39 is 0 Å². The minimum atomic E-state index is 0.891. The second-order valence-corrected chi connectivity index (χ2v) is 5.21. The molecule has 0 saturated heterocycles. The molecule has 0 aliphatic rings. The smallest absolute Gasteiger partial charge is 0.0608 e. The average molecular weight is 209 g/mol. The van der Waals surface area contributed by atoms with Gasteiger partial charge >= 0.3 is 0 Å². The van der Waals surface area contributed by atoms with Gasteiger partial charge in [0.05, 0.1) is 4.21 Å². The van der Waals surface area contributed by atoms with Gasteiger partial charge in [-0.25, -0.2) is 0 Å². The van der Waals surface area contributed by atoms with Crippen molar-refractivity contribution >= 4 is 38.9 Å². The van der Waals surface area contributed by atoms with Gasteiger partial charge in [-0.15, -0.1) is 23.1 Å². The summed E-state index contributed by atoms with van der Waals surface area (Å²) in [4.78, 5) is 0. The maximum Gasteiger partial charge on any atom is 0.0608 e. The van der Waals surface area contributed by atoms with Crippen molar-refractivity contribution in [2.75, 3.05) is 12.0 Å². The molecule has 13 heavy (non-hydrogen) atoms. The van der Waals surface area contributed by atoms with E-state index in [4.69, 9.17) is 5.73 Å². The first-order chi connectivity index (χ1) is 6.20. The lowest BCUT2D eigenvalue weighted by molar-refractivity contribution is 1.51. The van der Waals surface area contributed by atoms with E-state index in [9.17, 15) is 0 Å². The second kappa shape index (κ2) is 3.24. The number of thioether (sulfide) groups is 1. The largest absolute Gasteiger partial charge is 0.398 e. The van der Waals surface area contributed by atoms with Crippen LogP contribution in [0.4, 0.5) is 5.69 Å². The molecule has 0 radical (unpaired) electrons. The van der Waals surface area contributed by atoms with Crippen molar-refractivity contribution in [3.8, 4) is 0 Å². The summed E-state index contributed by atoms with van der Waals surface area (Å²) < 4.78 is 2.63. The fourth-order valence-corrected chi connectivity index (χ4v) is 2.96. The third-order valence-electron chi connectivity index (χ3n) is 2.08. The average Bonchev–Trinajstić information content (AvgIpc) is 2.48. The molecule has 0 amide bonds. The minimum absolute atomic E-state index is 0.891. The topological polar surface area (TPSA) is 26.0 Å². The van der Waals surface area contributed by atoms with Crippen LogP contribution >= 0.6 is 23.1 Å². The van der Waals surface area contributed by atoms with Crippen molar-refractivity contribution in [1.29, 1.82) is 0 Å². The van der Waals surface area contributed by atoms with Gasteiger partial charge in [0, 0.05) is 10.4 Å². The van der Waals surface area contributed by atoms with Gasteiger partial charge in [0.15, 0.2) is 0 Å². The van der Waals surface area contributed by atoms with Crippen LogP contribution in [0.5, 0.6) is 0 Å². The van der Waals surface area contributed by atoms with Crippen LogP contribution in [-0.2, 0) is 0 Å². The summed E-state index contributed by atoms with van der Waals surface area (Å²) in [5.74, 6) is 0. The molecule has 0 spiro atoms. The van der Waals surface area contributed by atoms with Crippen LogP contribution in [0, 0.1) is 6.92 Å². The maximum atomic E-state index is 5.84. The molecule has 1 heterocycles. The highest BCUT2D eigenvalue weighted by molar-refractivity contribution is 8.00. The zero-order valence-corrected chi connectivity index (χ0v) is 9.26. The molecule has 0 saturated carbocycles. The van der Waals surface area contributed by atoms with Crippen LogP contribution in [-0.4, -0.2) is 6.26 Å². The summed E-state index contributed by atoms with van der Waals surface area (Å²) in [7, 11) is 0. The minimum Gasteiger partial charge on any atom is -0.398 e. The normalized spacial score (nSPS) is 10.9. The predicted octanol–water partition coefficient (Wildman–Crippen LogP) is 3.51. The number of rotatable bonds is 1. The highest BCUT2D eigenvalue weighted by Gasteiger charge is 2.02. The van der Waals surface area contributed by atoms with Crippen molar-refractivity contribution in [2.45, 2.75) is 11.1 Å². The van der Waals surface area contributed by atoms with Crippen LogP contribution in [0.2, 0.25) is 0 Å². The Labute approximate surface area is 85.9 Å². The van der Waals surface area contributed by atoms with Crippen molar-refractivity contribution < 1.29 is 0 Å². The summed E-state index contributed by atoms with van der Waals surface area (Å²) in [5, 5.41) is 1.31. The molecule has 0 bridgehead atoms. The molecular weight excluding hydrogens is 198 g/mol. The monoisotopic (exact) mass is 209 g/mol. The number of benzene rings is 1. The third kappa shape index (κ3) is 1.54. The van der Waals surface area contributed by atoms with Gasteiger partial charge in [-0.05, 0) is 42.3 Å². The summed E-state index contributed by atoms with van der Waals surface area (Å²) >= 11 is 3.59. The molecule has 2 N–H and O–H groups in total. The van der Waals surface area contributed by atoms with Gasteiger partial charge in [-0.1, -0.05) is 0 Å². The highest BCUT2D eigenvalue weighted by atomic mass is 32.2. The van der Waals surface area contributed by atoms with E-state index in [1.165, 1.54) is 14.3 Å².